The number of nitrogens with one attached hydrogen (secondary N) is 1. The van der Waals surface area contributed by atoms with Crippen molar-refractivity contribution in [1.82, 2.24) is 9.78 Å². The third-order valence-electron chi connectivity index (χ3n) is 2.81. The molecule has 0 spiro atoms. The van der Waals surface area contributed by atoms with Crippen molar-refractivity contribution < 1.29 is 9.66 Å². The molecule has 0 saturated carbocycles. The van der Waals surface area contributed by atoms with Crippen molar-refractivity contribution >= 4 is 11.4 Å². The maximum absolute atomic E-state index is 10.8. The van der Waals surface area contributed by atoms with Gasteiger partial charge in [0, 0.05) is 36.3 Å². The summed E-state index contributed by atoms with van der Waals surface area (Å²) in [5.41, 5.74) is 0.727. The molecule has 1 aromatic heterocycles. The van der Waals surface area contributed by atoms with Crippen LogP contribution in [0.25, 0.3) is 0 Å². The van der Waals surface area contributed by atoms with Crippen molar-refractivity contribution in [3.05, 3.63) is 46.8 Å². The normalized spacial score (nSPS) is 11.9. The number of ether oxygens (including phenoxy) is 1. The minimum Gasteiger partial charge on any atom is -0.490 e. The van der Waals surface area contributed by atoms with Gasteiger partial charge in [0.05, 0.1) is 18.6 Å². The molecular weight excluding hydrogens is 260 g/mol. The van der Waals surface area contributed by atoms with E-state index in [-0.39, 0.29) is 17.5 Å². The molecule has 1 unspecified atom stereocenters. The van der Waals surface area contributed by atoms with Crippen LogP contribution in [-0.4, -0.2) is 27.9 Å². The molecule has 0 radical (unpaired) electrons. The average Bonchev–Trinajstić information content (AvgIpc) is 2.90. The van der Waals surface area contributed by atoms with Crippen molar-refractivity contribution in [2.45, 2.75) is 19.5 Å². The summed E-state index contributed by atoms with van der Waals surface area (Å²) in [6, 6.07) is 6.71. The minimum absolute atomic E-state index is 0.0437. The zero-order valence-electron chi connectivity index (χ0n) is 11.3. The molecule has 0 aliphatic heterocycles. The Bertz CT molecular complexity index is 583. The molecule has 0 fully saturated rings. The summed E-state index contributed by atoms with van der Waals surface area (Å²) >= 11 is 0. The Morgan fingerprint density at radius 1 is 1.55 bits per heavy atom. The molecule has 2 aromatic rings. The van der Waals surface area contributed by atoms with Crippen molar-refractivity contribution in [3.63, 3.8) is 0 Å². The number of nitrogens with zero attached hydrogens (tertiary/aromatic N) is 3. The van der Waals surface area contributed by atoms with Gasteiger partial charge in [0.15, 0.2) is 5.75 Å². The first kappa shape index (κ1) is 13.9. The molecule has 0 aliphatic rings. The lowest BCUT2D eigenvalue weighted by Gasteiger charge is -2.15. The lowest BCUT2D eigenvalue weighted by molar-refractivity contribution is -0.385. The highest BCUT2D eigenvalue weighted by molar-refractivity contribution is 5.58. The standard InChI is InChI=1S/C13H16N4O3/c1-10(9-16-7-3-6-14-16)15-11-4-5-12(17(18)19)13(8-11)20-2/h3-8,10,15H,9H2,1-2H3. The summed E-state index contributed by atoms with van der Waals surface area (Å²) in [6.45, 7) is 2.71. The van der Waals surface area contributed by atoms with Gasteiger partial charge in [0.1, 0.15) is 0 Å². The molecule has 1 N–H and O–H groups in total. The maximum atomic E-state index is 10.8. The number of nitro benzene ring substituents is 1. The zero-order chi connectivity index (χ0) is 14.5. The number of methoxy groups -OCH3 is 1. The zero-order valence-corrected chi connectivity index (χ0v) is 11.3. The van der Waals surface area contributed by atoms with Crippen molar-refractivity contribution in [3.8, 4) is 5.75 Å². The molecule has 0 amide bonds. The van der Waals surface area contributed by atoms with Crippen LogP contribution in [0.5, 0.6) is 5.75 Å². The monoisotopic (exact) mass is 276 g/mol. The van der Waals surface area contributed by atoms with Crippen LogP contribution < -0.4 is 10.1 Å². The summed E-state index contributed by atoms with van der Waals surface area (Å²) < 4.78 is 6.86. The summed E-state index contributed by atoms with van der Waals surface area (Å²) in [5.74, 6) is 0.242. The average molecular weight is 276 g/mol. The van der Waals surface area contributed by atoms with Crippen molar-refractivity contribution in [2.24, 2.45) is 0 Å². The number of aromatic nitrogens is 2. The van der Waals surface area contributed by atoms with Gasteiger partial charge < -0.3 is 10.1 Å². The highest BCUT2D eigenvalue weighted by Crippen LogP contribution is 2.29. The van der Waals surface area contributed by atoms with Gasteiger partial charge in [-0.1, -0.05) is 0 Å². The molecule has 0 aliphatic carbocycles. The van der Waals surface area contributed by atoms with Crippen molar-refractivity contribution in [2.75, 3.05) is 12.4 Å². The smallest absolute Gasteiger partial charge is 0.311 e. The third kappa shape index (κ3) is 3.25. The second-order valence-corrected chi connectivity index (χ2v) is 4.42. The molecule has 106 valence electrons. The van der Waals surface area contributed by atoms with Crippen LogP contribution in [0.15, 0.2) is 36.7 Å². The SMILES string of the molecule is COc1cc(NC(C)Cn2cccn2)ccc1[N+](=O)[O-]. The Hall–Kier alpha value is -2.57. The van der Waals surface area contributed by atoms with Crippen LogP contribution in [0.4, 0.5) is 11.4 Å². The second kappa shape index (κ2) is 6.05. The van der Waals surface area contributed by atoms with E-state index in [9.17, 15) is 10.1 Å². The molecule has 0 bridgehead atoms. The van der Waals surface area contributed by atoms with E-state index < -0.39 is 4.92 Å². The Balaban J connectivity index is 2.07. The van der Waals surface area contributed by atoms with E-state index in [0.29, 0.717) is 6.54 Å². The largest absolute Gasteiger partial charge is 0.490 e. The first-order valence-electron chi connectivity index (χ1n) is 6.16. The topological polar surface area (TPSA) is 82.2 Å². The van der Waals surface area contributed by atoms with Gasteiger partial charge in [0.25, 0.3) is 0 Å². The number of anilines is 1. The molecular formula is C13H16N4O3. The van der Waals surface area contributed by atoms with E-state index in [4.69, 9.17) is 4.74 Å². The molecule has 7 heteroatoms. The number of hydrogen-bond donors (Lipinski definition) is 1. The van der Waals surface area contributed by atoms with E-state index in [1.807, 2.05) is 23.9 Å². The van der Waals surface area contributed by atoms with Crippen molar-refractivity contribution in [1.29, 1.82) is 0 Å². The second-order valence-electron chi connectivity index (χ2n) is 4.42. The van der Waals surface area contributed by atoms with Gasteiger partial charge in [-0.25, -0.2) is 0 Å². The van der Waals surface area contributed by atoms with Crippen LogP contribution in [0.1, 0.15) is 6.92 Å². The quantitative estimate of drug-likeness (QED) is 0.646. The van der Waals surface area contributed by atoms with E-state index in [1.165, 1.54) is 13.2 Å². The van der Waals surface area contributed by atoms with E-state index in [0.717, 1.165) is 5.69 Å². The Labute approximate surface area is 116 Å². The van der Waals surface area contributed by atoms with Gasteiger partial charge in [-0.05, 0) is 19.1 Å². The maximum Gasteiger partial charge on any atom is 0.311 e. The fourth-order valence-electron chi connectivity index (χ4n) is 1.94. The van der Waals surface area contributed by atoms with E-state index >= 15 is 0 Å². The molecule has 20 heavy (non-hydrogen) atoms. The fourth-order valence-corrected chi connectivity index (χ4v) is 1.94. The summed E-state index contributed by atoms with van der Waals surface area (Å²) in [5, 5.41) is 18.2. The van der Waals surface area contributed by atoms with Crippen LogP contribution in [-0.2, 0) is 6.54 Å². The first-order valence-corrected chi connectivity index (χ1v) is 6.16. The first-order chi connectivity index (χ1) is 9.60. The summed E-state index contributed by atoms with van der Waals surface area (Å²) in [4.78, 5) is 10.4. The van der Waals surface area contributed by atoms with Gasteiger partial charge >= 0.3 is 5.69 Å². The third-order valence-corrected chi connectivity index (χ3v) is 2.81. The highest BCUT2D eigenvalue weighted by atomic mass is 16.6. The van der Waals surface area contributed by atoms with E-state index in [1.54, 1.807) is 18.3 Å². The molecule has 0 saturated heterocycles. The van der Waals surface area contributed by atoms with Gasteiger partial charge in [0.2, 0.25) is 0 Å². The van der Waals surface area contributed by atoms with Crippen LogP contribution in [0, 0.1) is 10.1 Å². The van der Waals surface area contributed by atoms with Crippen LogP contribution >= 0.6 is 0 Å². The highest BCUT2D eigenvalue weighted by Gasteiger charge is 2.15. The lowest BCUT2D eigenvalue weighted by atomic mass is 10.2. The number of nitro groups is 1. The molecule has 2 rings (SSSR count). The van der Waals surface area contributed by atoms with Crippen LogP contribution in [0.3, 0.4) is 0 Å². The number of rotatable bonds is 6. The predicted octanol–water partition coefficient (Wildman–Crippen LogP) is 2.30. The predicted molar refractivity (Wildman–Crippen MR) is 75.0 cm³/mol. The molecule has 7 nitrogen and oxygen atoms in total. The summed E-state index contributed by atoms with van der Waals surface area (Å²) in [6.07, 6.45) is 3.61. The summed E-state index contributed by atoms with van der Waals surface area (Å²) in [7, 11) is 1.42. The van der Waals surface area contributed by atoms with Gasteiger partial charge in [-0.15, -0.1) is 0 Å². The minimum atomic E-state index is -0.463. The fraction of sp³-hybridized carbons (Fsp3) is 0.308. The van der Waals surface area contributed by atoms with Gasteiger partial charge in [-0.2, -0.15) is 5.10 Å². The Kier molecular flexibility index (Phi) is 4.19. The molecule has 1 heterocycles. The number of benzene rings is 1. The number of hydrogen-bond acceptors (Lipinski definition) is 5. The van der Waals surface area contributed by atoms with Gasteiger partial charge in [-0.3, -0.25) is 14.8 Å². The Morgan fingerprint density at radius 2 is 2.35 bits per heavy atom. The molecule has 1 aromatic carbocycles. The lowest BCUT2D eigenvalue weighted by Crippen LogP contribution is -2.22. The van der Waals surface area contributed by atoms with Crippen LogP contribution in [0.2, 0.25) is 0 Å². The van der Waals surface area contributed by atoms with E-state index in [2.05, 4.69) is 10.4 Å². The Morgan fingerprint density at radius 3 is 2.95 bits per heavy atom. The molecule has 1 atom stereocenters.